The Kier molecular flexibility index (Phi) is 2.94. The average molecular weight is 304 g/mol. The zero-order chi connectivity index (χ0) is 16.1. The molecule has 4 nitrogen and oxygen atoms in total. The molecule has 0 fully saturated rings. The first-order chi connectivity index (χ1) is 11.1. The Morgan fingerprint density at radius 1 is 1.13 bits per heavy atom. The topological polar surface area (TPSA) is 51.0 Å². The van der Waals surface area contributed by atoms with Gasteiger partial charge in [0, 0.05) is 16.3 Å². The van der Waals surface area contributed by atoms with Crippen molar-refractivity contribution in [1.29, 1.82) is 0 Å². The van der Waals surface area contributed by atoms with Gasteiger partial charge in [0.25, 0.3) is 0 Å². The highest BCUT2D eigenvalue weighted by molar-refractivity contribution is 6.53. The summed E-state index contributed by atoms with van der Waals surface area (Å²) in [5, 5.41) is 1.95. The van der Waals surface area contributed by atoms with Gasteiger partial charge in [-0.25, -0.2) is 14.8 Å². The van der Waals surface area contributed by atoms with Crippen molar-refractivity contribution in [3.8, 4) is 11.1 Å². The summed E-state index contributed by atoms with van der Waals surface area (Å²) in [5.74, 6) is -0.363. The van der Waals surface area contributed by atoms with E-state index in [0.29, 0.717) is 12.3 Å². The Morgan fingerprint density at radius 3 is 2.70 bits per heavy atom. The van der Waals surface area contributed by atoms with Crippen LogP contribution < -0.4 is 10.6 Å². The third kappa shape index (κ3) is 1.88. The van der Waals surface area contributed by atoms with Crippen LogP contribution in [0.15, 0.2) is 40.3 Å². The van der Waals surface area contributed by atoms with Crippen molar-refractivity contribution >= 4 is 28.6 Å². The van der Waals surface area contributed by atoms with E-state index in [-0.39, 0.29) is 5.97 Å². The first-order valence-electron chi connectivity index (χ1n) is 7.70. The van der Waals surface area contributed by atoms with Gasteiger partial charge in [0.2, 0.25) is 0 Å². The minimum absolute atomic E-state index is 0.347. The molecule has 2 aromatic rings. The average Bonchev–Trinajstić information content (AvgIpc) is 3.06. The SMILES string of the molecule is CCOC(=O)C1=Nc2cc3c(c(C)c2=C1C)-c1ccccc1N=3. The van der Waals surface area contributed by atoms with Crippen LogP contribution in [0.4, 0.5) is 11.4 Å². The standard InChI is InChI=1S/C19H16N2O2/c1-4-23-19(22)18-11(3)16-10(2)17-12-7-5-6-8-13(12)20-15(17)9-14(16)21-18/h5-9H,4H2,1-3H3. The Bertz CT molecular complexity index is 1020. The summed E-state index contributed by atoms with van der Waals surface area (Å²) in [5.41, 5.74) is 6.47. The first-order valence-corrected chi connectivity index (χ1v) is 7.70. The summed E-state index contributed by atoms with van der Waals surface area (Å²) < 4.78 is 5.11. The lowest BCUT2D eigenvalue weighted by Gasteiger charge is -2.05. The van der Waals surface area contributed by atoms with Gasteiger partial charge < -0.3 is 4.74 Å². The maximum absolute atomic E-state index is 12.1. The fourth-order valence-electron chi connectivity index (χ4n) is 3.41. The van der Waals surface area contributed by atoms with Crippen LogP contribution in [0.25, 0.3) is 16.7 Å². The van der Waals surface area contributed by atoms with Gasteiger partial charge in [0.05, 0.1) is 23.3 Å². The molecule has 0 unspecified atom stereocenters. The molecule has 23 heavy (non-hydrogen) atoms. The second kappa shape index (κ2) is 4.88. The Balaban J connectivity index is 1.98. The summed E-state index contributed by atoms with van der Waals surface area (Å²) in [7, 11) is 0. The molecule has 0 saturated carbocycles. The maximum atomic E-state index is 12.1. The van der Waals surface area contributed by atoms with Crippen molar-refractivity contribution in [2.45, 2.75) is 20.8 Å². The second-order valence-electron chi connectivity index (χ2n) is 5.72. The van der Waals surface area contributed by atoms with E-state index in [1.54, 1.807) is 6.92 Å². The van der Waals surface area contributed by atoms with E-state index < -0.39 is 0 Å². The van der Waals surface area contributed by atoms with Crippen molar-refractivity contribution in [2.75, 3.05) is 6.61 Å². The summed E-state index contributed by atoms with van der Waals surface area (Å²) in [6, 6.07) is 10.1. The molecule has 0 N–H and O–H groups in total. The lowest BCUT2D eigenvalue weighted by Crippen LogP contribution is -2.20. The van der Waals surface area contributed by atoms with Crippen molar-refractivity contribution in [3.63, 3.8) is 0 Å². The smallest absolute Gasteiger partial charge is 0.357 e. The summed E-state index contributed by atoms with van der Waals surface area (Å²) in [4.78, 5) is 21.3. The molecule has 0 amide bonds. The van der Waals surface area contributed by atoms with Gasteiger partial charge >= 0.3 is 5.97 Å². The van der Waals surface area contributed by atoms with Crippen LogP contribution in [0.2, 0.25) is 0 Å². The highest BCUT2D eigenvalue weighted by Crippen LogP contribution is 2.34. The molecule has 2 heterocycles. The van der Waals surface area contributed by atoms with E-state index in [1.807, 2.05) is 31.2 Å². The van der Waals surface area contributed by atoms with E-state index in [9.17, 15) is 4.79 Å². The van der Waals surface area contributed by atoms with E-state index in [1.165, 1.54) is 0 Å². The molecular formula is C19H16N2O2. The first kappa shape index (κ1) is 13.9. The fourth-order valence-corrected chi connectivity index (χ4v) is 3.41. The lowest BCUT2D eigenvalue weighted by atomic mass is 9.96. The molecule has 4 heteroatoms. The Hall–Kier alpha value is -2.75. The number of carbonyl (C=O) groups excluding carboxylic acids is 1. The monoisotopic (exact) mass is 304 g/mol. The van der Waals surface area contributed by atoms with Crippen LogP contribution in [-0.2, 0) is 9.53 Å². The van der Waals surface area contributed by atoms with Crippen LogP contribution in [0.1, 0.15) is 19.4 Å². The lowest BCUT2D eigenvalue weighted by molar-refractivity contribution is -0.134. The molecule has 114 valence electrons. The van der Waals surface area contributed by atoms with Crippen LogP contribution in [-0.4, -0.2) is 18.3 Å². The van der Waals surface area contributed by atoms with Crippen LogP contribution in [0, 0.1) is 6.92 Å². The molecule has 0 bridgehead atoms. The molecule has 0 aliphatic carbocycles. The van der Waals surface area contributed by atoms with Crippen molar-refractivity contribution in [1.82, 2.24) is 0 Å². The van der Waals surface area contributed by atoms with Gasteiger partial charge in [-0.15, -0.1) is 0 Å². The normalized spacial score (nSPS) is 13.9. The molecule has 0 atom stereocenters. The Morgan fingerprint density at radius 2 is 1.91 bits per heavy atom. The largest absolute Gasteiger partial charge is 0.461 e. The van der Waals surface area contributed by atoms with E-state index in [4.69, 9.17) is 9.73 Å². The molecule has 0 saturated heterocycles. The number of para-hydroxylation sites is 1. The highest BCUT2D eigenvalue weighted by atomic mass is 16.5. The maximum Gasteiger partial charge on any atom is 0.357 e. The van der Waals surface area contributed by atoms with E-state index in [0.717, 1.165) is 44.2 Å². The molecule has 0 aromatic heterocycles. The molecule has 0 spiro atoms. The third-order valence-corrected chi connectivity index (χ3v) is 4.38. The van der Waals surface area contributed by atoms with Crippen LogP contribution in [0.3, 0.4) is 0 Å². The van der Waals surface area contributed by atoms with Gasteiger partial charge in [-0.3, -0.25) is 0 Å². The number of hydrogen-bond acceptors (Lipinski definition) is 4. The van der Waals surface area contributed by atoms with Gasteiger partial charge in [0.1, 0.15) is 0 Å². The number of ether oxygens (including phenoxy) is 1. The van der Waals surface area contributed by atoms with Gasteiger partial charge in [-0.1, -0.05) is 18.2 Å². The van der Waals surface area contributed by atoms with E-state index in [2.05, 4.69) is 18.0 Å². The van der Waals surface area contributed by atoms with Gasteiger partial charge in [0.15, 0.2) is 5.71 Å². The molecule has 4 rings (SSSR count). The summed E-state index contributed by atoms with van der Waals surface area (Å²) >= 11 is 0. The number of fused-ring (bicyclic) bond motifs is 4. The van der Waals surface area contributed by atoms with Gasteiger partial charge in [-0.2, -0.15) is 0 Å². The van der Waals surface area contributed by atoms with Crippen molar-refractivity contribution < 1.29 is 9.53 Å². The number of esters is 1. The quantitative estimate of drug-likeness (QED) is 0.684. The molecule has 0 radical (unpaired) electrons. The zero-order valence-electron chi connectivity index (χ0n) is 13.3. The van der Waals surface area contributed by atoms with Crippen LogP contribution in [0.5, 0.6) is 0 Å². The predicted molar refractivity (Wildman–Crippen MR) is 89.9 cm³/mol. The zero-order valence-corrected chi connectivity index (χ0v) is 13.3. The van der Waals surface area contributed by atoms with E-state index >= 15 is 0 Å². The van der Waals surface area contributed by atoms with Crippen molar-refractivity contribution in [3.05, 3.63) is 46.5 Å². The fraction of sp³-hybridized carbons (Fsp3) is 0.211. The van der Waals surface area contributed by atoms with Crippen LogP contribution >= 0.6 is 0 Å². The molecule has 2 aliphatic rings. The number of aliphatic imine (C=N–C) groups is 1. The summed E-state index contributed by atoms with van der Waals surface area (Å²) in [6.45, 7) is 6.15. The molecular weight excluding hydrogens is 288 g/mol. The molecule has 2 aliphatic heterocycles. The minimum Gasteiger partial charge on any atom is -0.461 e. The Labute approximate surface area is 133 Å². The van der Waals surface area contributed by atoms with Crippen molar-refractivity contribution in [2.24, 2.45) is 9.98 Å². The second-order valence-corrected chi connectivity index (χ2v) is 5.72. The van der Waals surface area contributed by atoms with Gasteiger partial charge in [-0.05, 0) is 44.0 Å². The number of hydrogen-bond donors (Lipinski definition) is 0. The number of carbonyl (C=O) groups is 1. The third-order valence-electron chi connectivity index (χ3n) is 4.38. The number of benzene rings is 2. The highest BCUT2D eigenvalue weighted by Gasteiger charge is 2.26. The minimum atomic E-state index is -0.363. The summed E-state index contributed by atoms with van der Waals surface area (Å²) in [6.07, 6.45) is 0. The molecule has 2 aromatic carbocycles. The number of rotatable bonds is 2. The predicted octanol–water partition coefficient (Wildman–Crippen LogP) is 2.75. The number of nitrogens with zero attached hydrogens (tertiary/aromatic N) is 2.